The molecule has 0 heterocycles. The van der Waals surface area contributed by atoms with Gasteiger partial charge in [-0.15, -0.1) is 0 Å². The molecule has 0 aliphatic rings. The Morgan fingerprint density at radius 1 is 0.889 bits per heavy atom. The fourth-order valence-electron chi connectivity index (χ4n) is 3.42. The van der Waals surface area contributed by atoms with E-state index in [0.717, 1.165) is 16.0 Å². The van der Waals surface area contributed by atoms with Crippen molar-refractivity contribution in [3.8, 4) is 0 Å². The monoisotopic (exact) mass is 496 g/mol. The lowest BCUT2D eigenvalue weighted by atomic mass is 10.0. The molecule has 196 valence electrons. The first-order valence-corrected chi connectivity index (χ1v) is 12.5. The summed E-state index contributed by atoms with van der Waals surface area (Å²) in [4.78, 5) is 40.2. The van der Waals surface area contributed by atoms with Crippen LogP contribution in [0.2, 0.25) is 0 Å². The number of nitrogens with zero attached hydrogens (tertiary/aromatic N) is 1. The van der Waals surface area contributed by atoms with Gasteiger partial charge in [0.1, 0.15) is 12.2 Å². The van der Waals surface area contributed by atoms with Crippen LogP contribution in [0.5, 0.6) is 0 Å². The molecule has 7 nitrogen and oxygen atoms in total. The second kappa shape index (κ2) is 14.4. The number of ether oxygens (including phenoxy) is 2. The SMILES string of the molecule is CC(C)CCN(C(=O)N[C@@H](CCc1ccccc1)C(=O)COCc1ccccc1)C(=O)OC(C)(C)C. The fourth-order valence-corrected chi connectivity index (χ4v) is 3.42. The summed E-state index contributed by atoms with van der Waals surface area (Å²) < 4.78 is 11.1. The third-order valence-corrected chi connectivity index (χ3v) is 5.40. The van der Waals surface area contributed by atoms with E-state index in [1.54, 1.807) is 20.8 Å². The standard InChI is InChI=1S/C29H40N2O5/c1-22(2)18-19-31(28(34)36-29(3,4)5)27(33)30-25(17-16-23-12-8-6-9-13-23)26(32)21-35-20-24-14-10-7-11-15-24/h6-15,22,25H,16-21H2,1-5H3,(H,30,33)/t25-/m0/s1. The molecule has 7 heteroatoms. The van der Waals surface area contributed by atoms with E-state index in [9.17, 15) is 14.4 Å². The number of rotatable bonds is 12. The maximum atomic E-state index is 13.2. The number of hydrogen-bond acceptors (Lipinski definition) is 5. The van der Waals surface area contributed by atoms with Crippen molar-refractivity contribution in [3.05, 3.63) is 71.8 Å². The summed E-state index contributed by atoms with van der Waals surface area (Å²) in [5, 5.41) is 2.78. The van der Waals surface area contributed by atoms with Gasteiger partial charge in [0, 0.05) is 6.54 Å². The first-order chi connectivity index (χ1) is 17.0. The van der Waals surface area contributed by atoms with E-state index in [4.69, 9.17) is 9.47 Å². The van der Waals surface area contributed by atoms with E-state index >= 15 is 0 Å². The summed E-state index contributed by atoms with van der Waals surface area (Å²) in [6.45, 7) is 9.63. The van der Waals surface area contributed by atoms with Crippen molar-refractivity contribution in [2.24, 2.45) is 5.92 Å². The highest BCUT2D eigenvalue weighted by molar-refractivity contribution is 5.95. The lowest BCUT2D eigenvalue weighted by Crippen LogP contribution is -2.52. The molecule has 2 aromatic rings. The maximum absolute atomic E-state index is 13.2. The summed E-state index contributed by atoms with van der Waals surface area (Å²) in [5.74, 6) is 0.0350. The van der Waals surface area contributed by atoms with Crippen molar-refractivity contribution in [1.82, 2.24) is 10.2 Å². The molecule has 0 saturated heterocycles. The van der Waals surface area contributed by atoms with E-state index in [1.165, 1.54) is 0 Å². The molecular weight excluding hydrogens is 456 g/mol. The van der Waals surface area contributed by atoms with Crippen LogP contribution in [0, 0.1) is 5.92 Å². The van der Waals surface area contributed by atoms with Crippen LogP contribution in [0.4, 0.5) is 9.59 Å². The van der Waals surface area contributed by atoms with E-state index in [0.29, 0.717) is 25.9 Å². The van der Waals surface area contributed by atoms with E-state index in [2.05, 4.69) is 5.32 Å². The highest BCUT2D eigenvalue weighted by atomic mass is 16.6. The smallest absolute Gasteiger partial charge is 0.418 e. The van der Waals surface area contributed by atoms with Gasteiger partial charge in [0.2, 0.25) is 0 Å². The molecule has 2 aromatic carbocycles. The summed E-state index contributed by atoms with van der Waals surface area (Å²) in [6, 6.07) is 17.9. The minimum Gasteiger partial charge on any atom is -0.443 e. The number of carbonyl (C=O) groups is 3. The first kappa shape index (κ1) is 29.0. The van der Waals surface area contributed by atoms with Gasteiger partial charge in [-0.05, 0) is 57.1 Å². The predicted molar refractivity (Wildman–Crippen MR) is 141 cm³/mol. The van der Waals surface area contributed by atoms with Gasteiger partial charge in [0.25, 0.3) is 0 Å². The lowest BCUT2D eigenvalue weighted by molar-refractivity contribution is -0.126. The van der Waals surface area contributed by atoms with Crippen LogP contribution in [0.15, 0.2) is 60.7 Å². The molecule has 0 aliphatic carbocycles. The minimum absolute atomic E-state index is 0.146. The Labute approximate surface area is 215 Å². The minimum atomic E-state index is -0.808. The normalized spacial score (nSPS) is 12.2. The Kier molecular flexibility index (Phi) is 11.6. The Morgan fingerprint density at radius 2 is 1.47 bits per heavy atom. The van der Waals surface area contributed by atoms with Gasteiger partial charge in [-0.1, -0.05) is 74.5 Å². The highest BCUT2D eigenvalue weighted by Gasteiger charge is 2.30. The van der Waals surface area contributed by atoms with Gasteiger partial charge in [0.15, 0.2) is 5.78 Å². The van der Waals surface area contributed by atoms with Crippen molar-refractivity contribution in [2.75, 3.05) is 13.2 Å². The van der Waals surface area contributed by atoms with Crippen LogP contribution in [0.3, 0.4) is 0 Å². The number of hydrogen-bond donors (Lipinski definition) is 1. The summed E-state index contributed by atoms with van der Waals surface area (Å²) >= 11 is 0. The average Bonchev–Trinajstić information content (AvgIpc) is 2.81. The van der Waals surface area contributed by atoms with E-state index in [1.807, 2.05) is 74.5 Å². The van der Waals surface area contributed by atoms with Gasteiger partial charge in [-0.25, -0.2) is 14.5 Å². The number of Topliss-reactive ketones (excluding diaryl/α,β-unsaturated/α-hetero) is 1. The fraction of sp³-hybridized carbons (Fsp3) is 0.483. The number of ketones is 1. The van der Waals surface area contributed by atoms with Gasteiger partial charge < -0.3 is 14.8 Å². The molecule has 2 rings (SSSR count). The Balaban J connectivity index is 2.11. The first-order valence-electron chi connectivity index (χ1n) is 12.5. The van der Waals surface area contributed by atoms with Crippen LogP contribution >= 0.6 is 0 Å². The zero-order chi connectivity index (χ0) is 26.6. The van der Waals surface area contributed by atoms with Crippen LogP contribution in [-0.4, -0.2) is 47.6 Å². The number of aryl methyl sites for hydroxylation is 1. The summed E-state index contributed by atoms with van der Waals surface area (Å²) in [6.07, 6.45) is 0.870. The molecule has 0 aromatic heterocycles. The van der Waals surface area contributed by atoms with E-state index in [-0.39, 0.29) is 24.9 Å². The van der Waals surface area contributed by atoms with Crippen LogP contribution < -0.4 is 5.32 Å². The van der Waals surface area contributed by atoms with Crippen LogP contribution in [0.1, 0.15) is 58.6 Å². The van der Waals surface area contributed by atoms with Crippen molar-refractivity contribution in [2.45, 2.75) is 72.1 Å². The molecule has 3 amide bonds. The Morgan fingerprint density at radius 3 is 2.03 bits per heavy atom. The van der Waals surface area contributed by atoms with Gasteiger partial charge >= 0.3 is 12.1 Å². The number of nitrogens with one attached hydrogen (secondary N) is 1. The Bertz CT molecular complexity index is 955. The maximum Gasteiger partial charge on any atom is 0.418 e. The molecule has 0 spiro atoms. The molecule has 36 heavy (non-hydrogen) atoms. The zero-order valence-corrected chi connectivity index (χ0v) is 22.2. The number of carbonyl (C=O) groups excluding carboxylic acids is 3. The van der Waals surface area contributed by atoms with Crippen LogP contribution in [0.25, 0.3) is 0 Å². The molecule has 0 fully saturated rings. The molecular formula is C29H40N2O5. The second-order valence-corrected chi connectivity index (χ2v) is 10.3. The van der Waals surface area contributed by atoms with Crippen molar-refractivity contribution >= 4 is 17.9 Å². The average molecular weight is 497 g/mol. The number of urea groups is 1. The molecule has 0 unspecified atom stereocenters. The molecule has 0 aliphatic heterocycles. The molecule has 1 atom stereocenters. The number of benzene rings is 2. The van der Waals surface area contributed by atoms with Crippen LogP contribution in [-0.2, 0) is 27.3 Å². The second-order valence-electron chi connectivity index (χ2n) is 10.3. The van der Waals surface area contributed by atoms with Crippen molar-refractivity contribution < 1.29 is 23.9 Å². The third kappa shape index (κ3) is 11.0. The largest absolute Gasteiger partial charge is 0.443 e. The molecule has 0 bridgehead atoms. The molecule has 0 radical (unpaired) electrons. The van der Waals surface area contributed by atoms with Crippen molar-refractivity contribution in [3.63, 3.8) is 0 Å². The van der Waals surface area contributed by atoms with Gasteiger partial charge in [0.05, 0.1) is 12.6 Å². The lowest BCUT2D eigenvalue weighted by Gasteiger charge is -2.28. The molecule has 0 saturated carbocycles. The summed E-state index contributed by atoms with van der Waals surface area (Å²) in [7, 11) is 0. The van der Waals surface area contributed by atoms with Gasteiger partial charge in [-0.3, -0.25) is 4.79 Å². The topological polar surface area (TPSA) is 84.9 Å². The Hall–Kier alpha value is -3.19. The highest BCUT2D eigenvalue weighted by Crippen LogP contribution is 2.13. The molecule has 1 N–H and O–H groups in total. The number of amides is 3. The van der Waals surface area contributed by atoms with E-state index < -0.39 is 23.8 Å². The van der Waals surface area contributed by atoms with Gasteiger partial charge in [-0.2, -0.15) is 0 Å². The quantitative estimate of drug-likeness (QED) is 0.403. The predicted octanol–water partition coefficient (Wildman–Crippen LogP) is 5.77. The zero-order valence-electron chi connectivity index (χ0n) is 22.2. The van der Waals surface area contributed by atoms with Crippen molar-refractivity contribution in [1.29, 1.82) is 0 Å². The summed E-state index contributed by atoms with van der Waals surface area (Å²) in [5.41, 5.74) is 1.26. The number of imide groups is 1. The third-order valence-electron chi connectivity index (χ3n) is 5.40.